The van der Waals surface area contributed by atoms with E-state index in [-0.39, 0.29) is 5.54 Å². The van der Waals surface area contributed by atoms with Crippen molar-refractivity contribution in [1.82, 2.24) is 4.98 Å². The van der Waals surface area contributed by atoms with Crippen molar-refractivity contribution < 1.29 is 0 Å². The largest absolute Gasteiger partial charge is 0.366 e. The molecular formula is C12H15N3. The maximum Gasteiger partial charge on any atom is 0.142 e. The van der Waals surface area contributed by atoms with Gasteiger partial charge in [0.1, 0.15) is 11.8 Å². The maximum atomic E-state index is 8.80. The molecular weight excluding hydrogens is 186 g/mol. The van der Waals surface area contributed by atoms with Crippen LogP contribution in [0.4, 0.5) is 5.69 Å². The summed E-state index contributed by atoms with van der Waals surface area (Å²) in [6, 6.07) is 5.93. The van der Waals surface area contributed by atoms with Gasteiger partial charge < -0.3 is 4.90 Å². The summed E-state index contributed by atoms with van der Waals surface area (Å²) in [4.78, 5) is 6.35. The first kappa shape index (κ1) is 9.97. The lowest BCUT2D eigenvalue weighted by Crippen LogP contribution is -2.38. The highest BCUT2D eigenvalue weighted by atomic mass is 15.2. The predicted octanol–water partition coefficient (Wildman–Crippen LogP) is 2.33. The Kier molecular flexibility index (Phi) is 2.36. The van der Waals surface area contributed by atoms with Crippen molar-refractivity contribution in [3.8, 4) is 6.07 Å². The molecule has 78 valence electrons. The average molecular weight is 201 g/mol. The molecule has 0 aromatic carbocycles. The van der Waals surface area contributed by atoms with Crippen LogP contribution in [0.25, 0.3) is 0 Å². The topological polar surface area (TPSA) is 39.9 Å². The molecule has 1 fully saturated rings. The Hall–Kier alpha value is -1.56. The van der Waals surface area contributed by atoms with Crippen LogP contribution in [0, 0.1) is 11.3 Å². The van der Waals surface area contributed by atoms with Crippen molar-refractivity contribution in [1.29, 1.82) is 5.26 Å². The van der Waals surface area contributed by atoms with E-state index >= 15 is 0 Å². The van der Waals surface area contributed by atoms with E-state index in [1.165, 1.54) is 12.8 Å². The molecule has 3 heteroatoms. The predicted molar refractivity (Wildman–Crippen MR) is 59.6 cm³/mol. The van der Waals surface area contributed by atoms with Crippen molar-refractivity contribution in [2.45, 2.75) is 32.2 Å². The number of nitrogens with zero attached hydrogens (tertiary/aromatic N) is 3. The van der Waals surface area contributed by atoms with Gasteiger partial charge in [-0.2, -0.15) is 5.26 Å². The molecule has 1 aromatic heterocycles. The minimum Gasteiger partial charge on any atom is -0.366 e. The second kappa shape index (κ2) is 3.54. The lowest BCUT2D eigenvalue weighted by Gasteiger charge is -2.33. The van der Waals surface area contributed by atoms with Gasteiger partial charge in [0.2, 0.25) is 0 Å². The van der Waals surface area contributed by atoms with Gasteiger partial charge in [-0.1, -0.05) is 0 Å². The van der Waals surface area contributed by atoms with E-state index in [0.717, 1.165) is 12.2 Å². The average Bonchev–Trinajstić information content (AvgIpc) is 2.58. The summed E-state index contributed by atoms with van der Waals surface area (Å²) in [6.45, 7) is 5.56. The minimum atomic E-state index is 0.202. The molecule has 3 nitrogen and oxygen atoms in total. The molecule has 0 N–H and O–H groups in total. The van der Waals surface area contributed by atoms with Gasteiger partial charge in [0.25, 0.3) is 0 Å². The fraction of sp³-hybridized carbons (Fsp3) is 0.500. The molecule has 2 heterocycles. The molecule has 0 radical (unpaired) electrons. The first-order valence-electron chi connectivity index (χ1n) is 5.27. The van der Waals surface area contributed by atoms with Crippen LogP contribution < -0.4 is 4.90 Å². The van der Waals surface area contributed by atoms with E-state index < -0.39 is 0 Å². The fourth-order valence-corrected chi connectivity index (χ4v) is 2.23. The lowest BCUT2D eigenvalue weighted by atomic mass is 10.0. The summed E-state index contributed by atoms with van der Waals surface area (Å²) in [6.07, 6.45) is 4.14. The van der Waals surface area contributed by atoms with E-state index in [4.69, 9.17) is 5.26 Å². The van der Waals surface area contributed by atoms with Gasteiger partial charge in [0, 0.05) is 24.0 Å². The molecule has 0 bridgehead atoms. The van der Waals surface area contributed by atoms with Gasteiger partial charge in [-0.25, -0.2) is 4.98 Å². The zero-order valence-electron chi connectivity index (χ0n) is 9.20. The summed E-state index contributed by atoms with van der Waals surface area (Å²) in [5.74, 6) is 0. The summed E-state index contributed by atoms with van der Waals surface area (Å²) in [5.41, 5.74) is 1.81. The van der Waals surface area contributed by atoms with Crippen LogP contribution in [0.3, 0.4) is 0 Å². The van der Waals surface area contributed by atoms with Crippen LogP contribution in [-0.4, -0.2) is 17.1 Å². The third kappa shape index (κ3) is 1.80. The Morgan fingerprint density at radius 1 is 1.53 bits per heavy atom. The number of anilines is 1. The number of hydrogen-bond acceptors (Lipinski definition) is 3. The summed E-state index contributed by atoms with van der Waals surface area (Å²) >= 11 is 0. The molecule has 0 aliphatic carbocycles. The van der Waals surface area contributed by atoms with Crippen LogP contribution in [0.15, 0.2) is 18.3 Å². The van der Waals surface area contributed by atoms with Crippen LogP contribution in [0.5, 0.6) is 0 Å². The van der Waals surface area contributed by atoms with Gasteiger partial charge in [0.15, 0.2) is 0 Å². The van der Waals surface area contributed by atoms with Crippen LogP contribution >= 0.6 is 0 Å². The Bertz CT molecular complexity index is 404. The number of nitriles is 1. The monoisotopic (exact) mass is 201 g/mol. The SMILES string of the molecule is CC1(C)CCCN1c1ccnc(C#N)c1. The van der Waals surface area contributed by atoms with Gasteiger partial charge in [-0.05, 0) is 38.8 Å². The standard InChI is InChI=1S/C12H15N3/c1-12(2)5-3-7-15(12)11-4-6-14-10(8-11)9-13/h4,6,8H,3,5,7H2,1-2H3. The van der Waals surface area contributed by atoms with Crippen LogP contribution in [0.1, 0.15) is 32.4 Å². The van der Waals surface area contributed by atoms with Crippen LogP contribution in [-0.2, 0) is 0 Å². The van der Waals surface area contributed by atoms with Crippen LogP contribution in [0.2, 0.25) is 0 Å². The highest BCUT2D eigenvalue weighted by Crippen LogP contribution is 2.33. The van der Waals surface area contributed by atoms with Gasteiger partial charge in [-0.15, -0.1) is 0 Å². The number of pyridine rings is 1. The Balaban J connectivity index is 2.34. The highest BCUT2D eigenvalue weighted by molar-refractivity contribution is 5.51. The summed E-state index contributed by atoms with van der Waals surface area (Å²) in [5, 5.41) is 8.80. The molecule has 0 unspecified atom stereocenters. The van der Waals surface area contributed by atoms with Crippen molar-refractivity contribution in [2.75, 3.05) is 11.4 Å². The molecule has 0 amide bonds. The lowest BCUT2D eigenvalue weighted by molar-refractivity contribution is 0.518. The molecule has 1 aromatic rings. The second-order valence-corrected chi connectivity index (χ2v) is 4.58. The third-order valence-corrected chi connectivity index (χ3v) is 3.07. The first-order chi connectivity index (χ1) is 7.13. The molecule has 1 saturated heterocycles. The van der Waals surface area contributed by atoms with Crippen molar-refractivity contribution in [2.24, 2.45) is 0 Å². The zero-order chi connectivity index (χ0) is 10.9. The van der Waals surface area contributed by atoms with E-state index in [1.54, 1.807) is 6.20 Å². The first-order valence-corrected chi connectivity index (χ1v) is 5.27. The maximum absolute atomic E-state index is 8.80. The summed E-state index contributed by atoms with van der Waals surface area (Å²) in [7, 11) is 0. The Labute approximate surface area is 90.4 Å². The number of hydrogen-bond donors (Lipinski definition) is 0. The number of aromatic nitrogens is 1. The smallest absolute Gasteiger partial charge is 0.142 e. The minimum absolute atomic E-state index is 0.202. The highest BCUT2D eigenvalue weighted by Gasteiger charge is 2.31. The second-order valence-electron chi connectivity index (χ2n) is 4.58. The molecule has 2 rings (SSSR count). The third-order valence-electron chi connectivity index (χ3n) is 3.07. The normalized spacial score (nSPS) is 18.9. The van der Waals surface area contributed by atoms with Crippen molar-refractivity contribution >= 4 is 5.69 Å². The van der Waals surface area contributed by atoms with E-state index in [9.17, 15) is 0 Å². The molecule has 0 atom stereocenters. The fourth-order valence-electron chi connectivity index (χ4n) is 2.23. The molecule has 0 saturated carbocycles. The van der Waals surface area contributed by atoms with Gasteiger partial charge in [-0.3, -0.25) is 0 Å². The van der Waals surface area contributed by atoms with Crippen molar-refractivity contribution in [3.63, 3.8) is 0 Å². The Morgan fingerprint density at radius 3 is 2.93 bits per heavy atom. The molecule has 0 spiro atoms. The van der Waals surface area contributed by atoms with E-state index in [1.807, 2.05) is 12.1 Å². The molecule has 15 heavy (non-hydrogen) atoms. The Morgan fingerprint density at radius 2 is 2.33 bits per heavy atom. The van der Waals surface area contributed by atoms with Gasteiger partial charge >= 0.3 is 0 Å². The van der Waals surface area contributed by atoms with E-state index in [2.05, 4.69) is 29.8 Å². The molecule has 1 aliphatic rings. The van der Waals surface area contributed by atoms with Gasteiger partial charge in [0.05, 0.1) is 0 Å². The zero-order valence-corrected chi connectivity index (χ0v) is 9.20. The quantitative estimate of drug-likeness (QED) is 0.700. The number of rotatable bonds is 1. The van der Waals surface area contributed by atoms with Crippen molar-refractivity contribution in [3.05, 3.63) is 24.0 Å². The summed E-state index contributed by atoms with van der Waals surface area (Å²) < 4.78 is 0. The van der Waals surface area contributed by atoms with E-state index in [0.29, 0.717) is 5.69 Å². The molecule has 1 aliphatic heterocycles.